The van der Waals surface area contributed by atoms with Gasteiger partial charge in [0.1, 0.15) is 12.4 Å². The molecular formula is C18H25N5O2. The number of imidazole rings is 1. The first-order valence-corrected chi connectivity index (χ1v) is 8.65. The Morgan fingerprint density at radius 3 is 3.00 bits per heavy atom. The largest absolute Gasteiger partial charge is 0.368 e. The van der Waals surface area contributed by atoms with Crippen molar-refractivity contribution < 1.29 is 4.79 Å². The second kappa shape index (κ2) is 7.23. The number of aryl methyl sites for hydroxylation is 1. The first kappa shape index (κ1) is 17.4. The molecule has 2 aromatic rings. The van der Waals surface area contributed by atoms with E-state index in [9.17, 15) is 9.59 Å². The van der Waals surface area contributed by atoms with Gasteiger partial charge >= 0.3 is 0 Å². The van der Waals surface area contributed by atoms with Crippen LogP contribution in [0, 0.1) is 13.8 Å². The molecule has 0 saturated carbocycles. The Hall–Kier alpha value is -2.41. The predicted octanol–water partition coefficient (Wildman–Crippen LogP) is 1.05. The Kier molecular flexibility index (Phi) is 5.03. The van der Waals surface area contributed by atoms with Gasteiger partial charge in [-0.3, -0.25) is 14.5 Å². The van der Waals surface area contributed by atoms with Crippen LogP contribution in [0.3, 0.4) is 0 Å². The molecule has 0 aliphatic carbocycles. The number of carbonyl (C=O) groups is 1. The quantitative estimate of drug-likeness (QED) is 0.848. The maximum absolute atomic E-state index is 12.1. The van der Waals surface area contributed by atoms with Crippen molar-refractivity contribution in [2.75, 3.05) is 13.1 Å². The van der Waals surface area contributed by atoms with Gasteiger partial charge in [-0.15, -0.1) is 0 Å². The van der Waals surface area contributed by atoms with Crippen molar-refractivity contribution in [1.82, 2.24) is 19.4 Å². The first-order chi connectivity index (χ1) is 12.0. The van der Waals surface area contributed by atoms with E-state index in [0.717, 1.165) is 48.6 Å². The third-order valence-corrected chi connectivity index (χ3v) is 4.94. The van der Waals surface area contributed by atoms with Crippen LogP contribution in [-0.4, -0.2) is 38.4 Å². The number of rotatable bonds is 5. The van der Waals surface area contributed by atoms with Gasteiger partial charge in [0, 0.05) is 54.4 Å². The van der Waals surface area contributed by atoms with Gasteiger partial charge in [0.15, 0.2) is 5.43 Å². The Morgan fingerprint density at radius 1 is 1.44 bits per heavy atom. The highest BCUT2D eigenvalue weighted by Crippen LogP contribution is 2.26. The summed E-state index contributed by atoms with van der Waals surface area (Å²) in [5, 5.41) is 0. The number of hydrogen-bond acceptors (Lipinski definition) is 4. The Morgan fingerprint density at radius 2 is 2.24 bits per heavy atom. The van der Waals surface area contributed by atoms with Crippen molar-refractivity contribution in [3.63, 3.8) is 0 Å². The SMILES string of the molecule is Cc1c[nH]c(CN2CCC[C@H](c3nccn3CC(N)=O)C2)c(C)c1=O. The van der Waals surface area contributed by atoms with Crippen LogP contribution in [-0.2, 0) is 17.9 Å². The third-order valence-electron chi connectivity index (χ3n) is 4.94. The fraction of sp³-hybridized carbons (Fsp3) is 0.500. The average molecular weight is 343 g/mol. The number of piperidine rings is 1. The standard InChI is InChI=1S/C18H25N5O2/c1-12-8-21-15(13(2)17(12)25)10-22-6-3-4-14(9-22)18-20-5-7-23(18)11-16(19)24/h5,7-8,14H,3-4,6,9-11H2,1-2H3,(H2,19,24)(H,21,25)/t14-/m0/s1. The van der Waals surface area contributed by atoms with Crippen LogP contribution in [0.1, 0.15) is 41.4 Å². The summed E-state index contributed by atoms with van der Waals surface area (Å²) < 4.78 is 1.84. The molecule has 0 unspecified atom stereocenters. The zero-order valence-electron chi connectivity index (χ0n) is 14.8. The number of likely N-dealkylation sites (tertiary alicyclic amines) is 1. The maximum Gasteiger partial charge on any atom is 0.237 e. The van der Waals surface area contributed by atoms with Gasteiger partial charge in [0.05, 0.1) is 0 Å². The van der Waals surface area contributed by atoms with Crippen LogP contribution in [0.2, 0.25) is 0 Å². The number of nitrogens with zero attached hydrogens (tertiary/aromatic N) is 3. The molecule has 1 atom stereocenters. The molecule has 7 nitrogen and oxygen atoms in total. The molecule has 2 aromatic heterocycles. The lowest BCUT2D eigenvalue weighted by Gasteiger charge is -2.32. The smallest absolute Gasteiger partial charge is 0.237 e. The Labute approximate surface area is 146 Å². The molecule has 0 aromatic carbocycles. The Balaban J connectivity index is 1.74. The minimum Gasteiger partial charge on any atom is -0.368 e. The van der Waals surface area contributed by atoms with E-state index in [4.69, 9.17) is 5.73 Å². The number of pyridine rings is 1. The molecule has 0 spiro atoms. The molecule has 1 saturated heterocycles. The van der Waals surface area contributed by atoms with E-state index in [2.05, 4.69) is 14.9 Å². The molecule has 1 aliphatic rings. The van der Waals surface area contributed by atoms with Crippen LogP contribution in [0.5, 0.6) is 0 Å². The van der Waals surface area contributed by atoms with Crippen LogP contribution in [0.15, 0.2) is 23.4 Å². The number of carbonyl (C=O) groups excluding carboxylic acids is 1. The van der Waals surface area contributed by atoms with Gasteiger partial charge in [-0.25, -0.2) is 4.98 Å². The maximum atomic E-state index is 12.1. The summed E-state index contributed by atoms with van der Waals surface area (Å²) in [6.45, 7) is 6.42. The van der Waals surface area contributed by atoms with Gasteiger partial charge in [-0.1, -0.05) is 0 Å². The molecule has 1 amide bonds. The van der Waals surface area contributed by atoms with Gasteiger partial charge in [-0.05, 0) is 33.2 Å². The molecular weight excluding hydrogens is 318 g/mol. The first-order valence-electron chi connectivity index (χ1n) is 8.65. The summed E-state index contributed by atoms with van der Waals surface area (Å²) in [7, 11) is 0. The molecule has 3 rings (SSSR count). The summed E-state index contributed by atoms with van der Waals surface area (Å²) >= 11 is 0. The molecule has 134 valence electrons. The number of hydrogen-bond donors (Lipinski definition) is 2. The molecule has 7 heteroatoms. The summed E-state index contributed by atoms with van der Waals surface area (Å²) in [6.07, 6.45) is 7.41. The van der Waals surface area contributed by atoms with E-state index in [1.54, 1.807) is 18.6 Å². The summed E-state index contributed by atoms with van der Waals surface area (Å²) in [5.74, 6) is 0.818. The van der Waals surface area contributed by atoms with E-state index in [1.165, 1.54) is 0 Å². The molecule has 0 bridgehead atoms. The van der Waals surface area contributed by atoms with E-state index in [1.807, 2.05) is 18.4 Å². The highest BCUT2D eigenvalue weighted by Gasteiger charge is 2.25. The van der Waals surface area contributed by atoms with Crippen LogP contribution < -0.4 is 11.2 Å². The van der Waals surface area contributed by atoms with Crippen LogP contribution in [0.25, 0.3) is 0 Å². The zero-order valence-corrected chi connectivity index (χ0v) is 14.8. The fourth-order valence-corrected chi connectivity index (χ4v) is 3.58. The number of amides is 1. The third kappa shape index (κ3) is 3.82. The minimum atomic E-state index is -0.361. The van der Waals surface area contributed by atoms with Gasteiger partial charge in [-0.2, -0.15) is 0 Å². The van der Waals surface area contributed by atoms with E-state index >= 15 is 0 Å². The molecule has 3 N–H and O–H groups in total. The van der Waals surface area contributed by atoms with Gasteiger partial charge in [0.2, 0.25) is 5.91 Å². The van der Waals surface area contributed by atoms with Crippen molar-refractivity contribution in [2.45, 2.75) is 45.7 Å². The van der Waals surface area contributed by atoms with Crippen molar-refractivity contribution in [3.05, 3.63) is 51.5 Å². The Bertz CT molecular complexity index is 823. The highest BCUT2D eigenvalue weighted by atomic mass is 16.1. The number of aromatic amines is 1. The minimum absolute atomic E-state index is 0.110. The molecule has 1 aliphatic heterocycles. The predicted molar refractivity (Wildman–Crippen MR) is 95.2 cm³/mol. The number of primary amides is 1. The number of aromatic nitrogens is 3. The number of nitrogens with two attached hydrogens (primary N) is 1. The highest BCUT2D eigenvalue weighted by molar-refractivity contribution is 5.73. The summed E-state index contributed by atoms with van der Waals surface area (Å²) in [4.78, 5) is 33.4. The topological polar surface area (TPSA) is 97.0 Å². The molecule has 0 radical (unpaired) electrons. The molecule has 3 heterocycles. The van der Waals surface area contributed by atoms with E-state index in [-0.39, 0.29) is 23.8 Å². The lowest BCUT2D eigenvalue weighted by molar-refractivity contribution is -0.118. The summed E-state index contributed by atoms with van der Waals surface area (Å²) in [5.41, 5.74) is 7.93. The van der Waals surface area contributed by atoms with E-state index in [0.29, 0.717) is 6.54 Å². The second-order valence-corrected chi connectivity index (χ2v) is 6.86. The van der Waals surface area contributed by atoms with Crippen molar-refractivity contribution in [1.29, 1.82) is 0 Å². The fourth-order valence-electron chi connectivity index (χ4n) is 3.58. The van der Waals surface area contributed by atoms with Crippen molar-refractivity contribution in [2.24, 2.45) is 5.73 Å². The number of nitrogens with one attached hydrogen (secondary N) is 1. The normalized spacial score (nSPS) is 18.4. The van der Waals surface area contributed by atoms with Crippen molar-refractivity contribution >= 4 is 5.91 Å². The lowest BCUT2D eigenvalue weighted by Crippen LogP contribution is -2.36. The summed E-state index contributed by atoms with van der Waals surface area (Å²) in [6, 6.07) is 0. The van der Waals surface area contributed by atoms with Crippen LogP contribution in [0.4, 0.5) is 0 Å². The van der Waals surface area contributed by atoms with Gasteiger partial charge < -0.3 is 15.3 Å². The molecule has 1 fully saturated rings. The zero-order chi connectivity index (χ0) is 18.0. The molecule has 25 heavy (non-hydrogen) atoms. The second-order valence-electron chi connectivity index (χ2n) is 6.86. The van der Waals surface area contributed by atoms with Crippen molar-refractivity contribution in [3.8, 4) is 0 Å². The van der Waals surface area contributed by atoms with Gasteiger partial charge in [0.25, 0.3) is 0 Å². The average Bonchev–Trinajstić information content (AvgIpc) is 3.03. The monoisotopic (exact) mass is 343 g/mol. The van der Waals surface area contributed by atoms with Crippen LogP contribution >= 0.6 is 0 Å². The number of H-pyrrole nitrogens is 1. The lowest BCUT2D eigenvalue weighted by atomic mass is 9.96. The van der Waals surface area contributed by atoms with E-state index < -0.39 is 0 Å².